The highest BCUT2D eigenvalue weighted by Gasteiger charge is 2.37. The first-order valence-electron chi connectivity index (χ1n) is 7.72. The number of hydrogen-bond donors (Lipinski definition) is 2. The van der Waals surface area contributed by atoms with Crippen LogP contribution in [0.2, 0.25) is 0 Å². The molecule has 1 fully saturated rings. The number of likely N-dealkylation sites (tertiary alicyclic amines) is 1. The topological polar surface area (TPSA) is 86.7 Å². The maximum absolute atomic E-state index is 12.5. The highest BCUT2D eigenvalue weighted by molar-refractivity contribution is 5.98. The van der Waals surface area contributed by atoms with Gasteiger partial charge in [-0.05, 0) is 44.0 Å². The molecule has 6 nitrogen and oxygen atoms in total. The van der Waals surface area contributed by atoms with Crippen LogP contribution in [0.4, 0.5) is 0 Å². The van der Waals surface area contributed by atoms with Gasteiger partial charge in [0.25, 0.3) is 11.8 Å². The SMILES string of the molecule is CC(C)NC(=O)c1ccc(C(=O)N2C[C@@H](C)[C@H](C(=O)O)C2)cc1. The number of nitrogens with one attached hydrogen (secondary N) is 1. The van der Waals surface area contributed by atoms with Crippen LogP contribution in [-0.4, -0.2) is 46.9 Å². The highest BCUT2D eigenvalue weighted by Crippen LogP contribution is 2.24. The van der Waals surface area contributed by atoms with Crippen LogP contribution in [0, 0.1) is 11.8 Å². The first-order valence-corrected chi connectivity index (χ1v) is 7.72. The van der Waals surface area contributed by atoms with Crippen LogP contribution in [0.15, 0.2) is 24.3 Å². The second kappa shape index (κ2) is 6.81. The molecular weight excluding hydrogens is 296 g/mol. The minimum absolute atomic E-state index is 0.0443. The zero-order valence-corrected chi connectivity index (χ0v) is 13.6. The van der Waals surface area contributed by atoms with Gasteiger partial charge in [0.15, 0.2) is 0 Å². The van der Waals surface area contributed by atoms with Gasteiger partial charge in [0.1, 0.15) is 0 Å². The lowest BCUT2D eigenvalue weighted by Gasteiger charge is -2.16. The van der Waals surface area contributed by atoms with Gasteiger partial charge in [-0.2, -0.15) is 0 Å². The van der Waals surface area contributed by atoms with Gasteiger partial charge < -0.3 is 15.3 Å². The van der Waals surface area contributed by atoms with Crippen LogP contribution >= 0.6 is 0 Å². The largest absolute Gasteiger partial charge is 0.481 e. The molecule has 0 aliphatic carbocycles. The van der Waals surface area contributed by atoms with Crippen molar-refractivity contribution in [3.8, 4) is 0 Å². The van der Waals surface area contributed by atoms with Crippen molar-refractivity contribution in [1.82, 2.24) is 10.2 Å². The van der Waals surface area contributed by atoms with Crippen LogP contribution < -0.4 is 5.32 Å². The summed E-state index contributed by atoms with van der Waals surface area (Å²) in [5.74, 6) is -1.83. The Morgan fingerprint density at radius 2 is 1.70 bits per heavy atom. The lowest BCUT2D eigenvalue weighted by Crippen LogP contribution is -2.31. The van der Waals surface area contributed by atoms with Crippen molar-refractivity contribution in [3.63, 3.8) is 0 Å². The summed E-state index contributed by atoms with van der Waals surface area (Å²) < 4.78 is 0. The van der Waals surface area contributed by atoms with Crippen molar-refractivity contribution in [2.75, 3.05) is 13.1 Å². The Balaban J connectivity index is 2.06. The van der Waals surface area contributed by atoms with Crippen LogP contribution in [0.5, 0.6) is 0 Å². The zero-order chi connectivity index (χ0) is 17.1. The third-order valence-electron chi connectivity index (χ3n) is 4.03. The van der Waals surface area contributed by atoms with Crippen LogP contribution in [0.25, 0.3) is 0 Å². The molecule has 0 radical (unpaired) electrons. The van der Waals surface area contributed by atoms with Crippen LogP contribution in [0.3, 0.4) is 0 Å². The van der Waals surface area contributed by atoms with Gasteiger partial charge in [-0.25, -0.2) is 0 Å². The summed E-state index contributed by atoms with van der Waals surface area (Å²) in [6, 6.07) is 6.48. The molecule has 1 aliphatic rings. The fraction of sp³-hybridized carbons (Fsp3) is 0.471. The number of rotatable bonds is 4. The molecule has 0 aromatic heterocycles. The lowest BCUT2D eigenvalue weighted by molar-refractivity contribution is -0.142. The summed E-state index contributed by atoms with van der Waals surface area (Å²) in [6.45, 7) is 6.26. The molecule has 2 amide bonds. The van der Waals surface area contributed by atoms with Gasteiger partial charge in [-0.1, -0.05) is 6.92 Å². The van der Waals surface area contributed by atoms with E-state index in [0.717, 1.165) is 0 Å². The van der Waals surface area contributed by atoms with Gasteiger partial charge in [0.2, 0.25) is 0 Å². The van der Waals surface area contributed by atoms with E-state index >= 15 is 0 Å². The van der Waals surface area contributed by atoms with Crippen LogP contribution in [-0.2, 0) is 4.79 Å². The molecule has 0 spiro atoms. The molecule has 2 rings (SSSR count). The smallest absolute Gasteiger partial charge is 0.308 e. The van der Waals surface area contributed by atoms with E-state index in [9.17, 15) is 14.4 Å². The standard InChI is InChI=1S/C17H22N2O4/c1-10(2)18-15(20)12-4-6-13(7-5-12)16(21)19-8-11(3)14(9-19)17(22)23/h4-7,10-11,14H,8-9H2,1-3H3,(H,18,20)(H,22,23)/t11-,14-/m1/s1. The summed E-state index contributed by atoms with van der Waals surface area (Å²) >= 11 is 0. The third kappa shape index (κ3) is 3.88. The molecule has 1 aromatic carbocycles. The molecule has 0 saturated carbocycles. The van der Waals surface area contributed by atoms with Gasteiger partial charge >= 0.3 is 5.97 Å². The van der Waals surface area contributed by atoms with Crippen LogP contribution in [0.1, 0.15) is 41.5 Å². The van der Waals surface area contributed by atoms with E-state index in [1.807, 2.05) is 20.8 Å². The summed E-state index contributed by atoms with van der Waals surface area (Å²) in [5.41, 5.74) is 0.956. The summed E-state index contributed by atoms with van der Waals surface area (Å²) in [4.78, 5) is 37.0. The number of amides is 2. The molecule has 124 valence electrons. The Kier molecular flexibility index (Phi) is 5.03. The molecular formula is C17H22N2O4. The maximum atomic E-state index is 12.5. The molecule has 1 aromatic rings. The number of nitrogens with zero attached hydrogens (tertiary/aromatic N) is 1. The average molecular weight is 318 g/mol. The molecule has 1 saturated heterocycles. The van der Waals surface area contributed by atoms with E-state index in [0.29, 0.717) is 17.7 Å². The summed E-state index contributed by atoms with van der Waals surface area (Å²) in [6.07, 6.45) is 0. The Labute approximate surface area is 135 Å². The van der Waals surface area contributed by atoms with Gasteiger partial charge in [-0.15, -0.1) is 0 Å². The van der Waals surface area contributed by atoms with Gasteiger partial charge in [0.05, 0.1) is 5.92 Å². The van der Waals surface area contributed by atoms with E-state index in [4.69, 9.17) is 5.11 Å². The van der Waals surface area contributed by atoms with Gasteiger partial charge in [-0.3, -0.25) is 14.4 Å². The van der Waals surface area contributed by atoms with Crippen molar-refractivity contribution in [3.05, 3.63) is 35.4 Å². The third-order valence-corrected chi connectivity index (χ3v) is 4.03. The van der Waals surface area contributed by atoms with Crippen molar-refractivity contribution >= 4 is 17.8 Å². The number of hydrogen-bond acceptors (Lipinski definition) is 3. The normalized spacial score (nSPS) is 20.6. The molecule has 0 unspecified atom stereocenters. The van der Waals surface area contributed by atoms with Crippen molar-refractivity contribution in [2.45, 2.75) is 26.8 Å². The average Bonchev–Trinajstić information content (AvgIpc) is 2.88. The summed E-state index contributed by atoms with van der Waals surface area (Å²) in [7, 11) is 0. The van der Waals surface area contributed by atoms with E-state index in [2.05, 4.69) is 5.32 Å². The number of carbonyl (C=O) groups excluding carboxylic acids is 2. The molecule has 1 aliphatic heterocycles. The minimum atomic E-state index is -0.867. The fourth-order valence-corrected chi connectivity index (χ4v) is 2.75. The Morgan fingerprint density at radius 1 is 1.13 bits per heavy atom. The van der Waals surface area contributed by atoms with E-state index in [1.165, 1.54) is 0 Å². The number of aliphatic carboxylic acids is 1. The number of benzene rings is 1. The van der Waals surface area contributed by atoms with E-state index < -0.39 is 11.9 Å². The lowest BCUT2D eigenvalue weighted by atomic mass is 9.99. The first kappa shape index (κ1) is 17.0. The minimum Gasteiger partial charge on any atom is -0.481 e. The molecule has 6 heteroatoms. The second-order valence-corrected chi connectivity index (χ2v) is 6.34. The predicted octanol–water partition coefficient (Wildman–Crippen LogP) is 1.62. The quantitative estimate of drug-likeness (QED) is 0.883. The number of carboxylic acid groups (broad SMARTS) is 1. The molecule has 23 heavy (non-hydrogen) atoms. The number of carboxylic acids is 1. The zero-order valence-electron chi connectivity index (χ0n) is 13.6. The molecule has 2 atom stereocenters. The second-order valence-electron chi connectivity index (χ2n) is 6.34. The van der Waals surface area contributed by atoms with Crippen molar-refractivity contribution in [2.24, 2.45) is 11.8 Å². The molecule has 1 heterocycles. The van der Waals surface area contributed by atoms with Gasteiger partial charge in [0, 0.05) is 30.3 Å². The Hall–Kier alpha value is -2.37. The predicted molar refractivity (Wildman–Crippen MR) is 85.2 cm³/mol. The Morgan fingerprint density at radius 3 is 2.17 bits per heavy atom. The number of carbonyl (C=O) groups is 3. The Bertz CT molecular complexity index is 610. The monoisotopic (exact) mass is 318 g/mol. The summed E-state index contributed by atoms with van der Waals surface area (Å²) in [5, 5.41) is 11.9. The van der Waals surface area contributed by atoms with Crippen molar-refractivity contribution < 1.29 is 19.5 Å². The molecule has 2 N–H and O–H groups in total. The fourth-order valence-electron chi connectivity index (χ4n) is 2.75. The highest BCUT2D eigenvalue weighted by atomic mass is 16.4. The van der Waals surface area contributed by atoms with E-state index in [-0.39, 0.29) is 30.3 Å². The van der Waals surface area contributed by atoms with Crippen molar-refractivity contribution in [1.29, 1.82) is 0 Å². The maximum Gasteiger partial charge on any atom is 0.308 e. The van der Waals surface area contributed by atoms with E-state index in [1.54, 1.807) is 29.2 Å². The first-order chi connectivity index (χ1) is 10.8. The molecule has 0 bridgehead atoms.